The second-order valence-corrected chi connectivity index (χ2v) is 8.37. The molecule has 1 aromatic heterocycles. The highest BCUT2D eigenvalue weighted by Crippen LogP contribution is 2.59. The second kappa shape index (κ2) is 7.41. The van der Waals surface area contributed by atoms with Crippen molar-refractivity contribution in [1.82, 2.24) is 15.0 Å². The number of aromatic nitrogens is 1. The molecular formula is C20H31N3O3. The van der Waals surface area contributed by atoms with E-state index in [2.05, 4.69) is 19.0 Å². The van der Waals surface area contributed by atoms with Gasteiger partial charge in [-0.25, -0.2) is 0 Å². The third-order valence-electron chi connectivity index (χ3n) is 6.26. The molecule has 26 heavy (non-hydrogen) atoms. The molecule has 3 rings (SSSR count). The zero-order valence-corrected chi connectivity index (χ0v) is 16.5. The maximum atomic E-state index is 12.8. The van der Waals surface area contributed by atoms with Crippen LogP contribution in [0.2, 0.25) is 0 Å². The molecule has 2 aliphatic rings. The maximum Gasteiger partial charge on any atom is 0.228 e. The van der Waals surface area contributed by atoms with E-state index in [0.717, 1.165) is 18.4 Å². The van der Waals surface area contributed by atoms with Crippen LogP contribution in [-0.4, -0.2) is 54.0 Å². The van der Waals surface area contributed by atoms with Gasteiger partial charge in [0, 0.05) is 32.7 Å². The summed E-state index contributed by atoms with van der Waals surface area (Å²) >= 11 is 0. The van der Waals surface area contributed by atoms with Crippen LogP contribution in [0, 0.1) is 11.3 Å². The van der Waals surface area contributed by atoms with Crippen LogP contribution in [0.3, 0.4) is 0 Å². The fourth-order valence-corrected chi connectivity index (χ4v) is 3.95. The first-order valence-corrected chi connectivity index (χ1v) is 9.78. The molecule has 144 valence electrons. The Bertz CT molecular complexity index is 659. The lowest BCUT2D eigenvalue weighted by Crippen LogP contribution is -2.44. The molecule has 0 N–H and O–H groups in total. The monoisotopic (exact) mass is 361 g/mol. The number of hydrogen-bond donors (Lipinski definition) is 0. The van der Waals surface area contributed by atoms with Crippen LogP contribution in [0.25, 0.3) is 0 Å². The molecule has 0 unspecified atom stereocenters. The van der Waals surface area contributed by atoms with Crippen molar-refractivity contribution < 1.29 is 14.1 Å². The van der Waals surface area contributed by atoms with Crippen LogP contribution in [-0.2, 0) is 16.0 Å². The average Bonchev–Trinajstić information content (AvgIpc) is 3.19. The molecule has 2 amide bonds. The predicted molar refractivity (Wildman–Crippen MR) is 98.6 cm³/mol. The highest BCUT2D eigenvalue weighted by Gasteiger charge is 2.57. The van der Waals surface area contributed by atoms with Gasteiger partial charge in [-0.15, -0.1) is 0 Å². The molecule has 1 aromatic rings. The highest BCUT2D eigenvalue weighted by atomic mass is 16.5. The molecule has 1 heterocycles. The first kappa shape index (κ1) is 18.9. The predicted octanol–water partition coefficient (Wildman–Crippen LogP) is 2.84. The van der Waals surface area contributed by atoms with E-state index >= 15 is 0 Å². The molecule has 6 heteroatoms. The van der Waals surface area contributed by atoms with E-state index in [4.69, 9.17) is 4.52 Å². The Kier molecular flexibility index (Phi) is 5.39. The third kappa shape index (κ3) is 3.64. The summed E-state index contributed by atoms with van der Waals surface area (Å²) < 4.78 is 5.03. The summed E-state index contributed by atoms with van der Waals surface area (Å²) in [6, 6.07) is 0. The van der Waals surface area contributed by atoms with Gasteiger partial charge in [-0.2, -0.15) is 0 Å². The van der Waals surface area contributed by atoms with Gasteiger partial charge in [0.1, 0.15) is 6.26 Å². The quantitative estimate of drug-likeness (QED) is 0.714. The van der Waals surface area contributed by atoms with Crippen LogP contribution in [0.4, 0.5) is 0 Å². The SMILES string of the molecule is CC(C)c1conc1CC(=O)N(C)CCN(C)C(=O)C1(C2CCC2)CC1. The van der Waals surface area contributed by atoms with Crippen LogP contribution in [0.5, 0.6) is 0 Å². The number of rotatable bonds is 8. The fourth-order valence-electron chi connectivity index (χ4n) is 3.95. The molecule has 0 saturated heterocycles. The van der Waals surface area contributed by atoms with Crippen LogP contribution < -0.4 is 0 Å². The van der Waals surface area contributed by atoms with Gasteiger partial charge in [-0.1, -0.05) is 25.4 Å². The largest absolute Gasteiger partial charge is 0.364 e. The van der Waals surface area contributed by atoms with E-state index in [9.17, 15) is 9.59 Å². The summed E-state index contributed by atoms with van der Waals surface area (Å²) in [6.45, 7) is 5.23. The van der Waals surface area contributed by atoms with Crippen molar-refractivity contribution in [2.45, 2.75) is 58.3 Å². The molecule has 0 spiro atoms. The Labute approximate surface area is 155 Å². The lowest BCUT2D eigenvalue weighted by Gasteiger charge is -2.36. The Morgan fingerprint density at radius 3 is 2.42 bits per heavy atom. The summed E-state index contributed by atoms with van der Waals surface area (Å²) in [5, 5.41) is 3.97. The van der Waals surface area contributed by atoms with Crippen molar-refractivity contribution in [1.29, 1.82) is 0 Å². The summed E-state index contributed by atoms with van der Waals surface area (Å²) in [5.41, 5.74) is 1.63. The summed E-state index contributed by atoms with van der Waals surface area (Å²) in [4.78, 5) is 28.8. The second-order valence-electron chi connectivity index (χ2n) is 8.37. The van der Waals surface area contributed by atoms with Crippen molar-refractivity contribution in [2.24, 2.45) is 11.3 Å². The number of nitrogens with zero attached hydrogens (tertiary/aromatic N) is 3. The minimum Gasteiger partial charge on any atom is -0.364 e. The molecule has 0 atom stereocenters. The number of hydrogen-bond acceptors (Lipinski definition) is 4. The van der Waals surface area contributed by atoms with Gasteiger partial charge in [0.2, 0.25) is 11.8 Å². The van der Waals surface area contributed by atoms with Gasteiger partial charge in [-0.3, -0.25) is 9.59 Å². The minimum absolute atomic E-state index is 0.00165. The Balaban J connectivity index is 1.48. The molecule has 0 bridgehead atoms. The molecule has 2 saturated carbocycles. The molecule has 0 aliphatic heterocycles. The standard InChI is InChI=1S/C20H31N3O3/c1-14(2)16-13-26-21-17(16)12-18(24)22(3)10-11-23(4)19(25)20(8-9-20)15-6-5-7-15/h13-15H,5-12H2,1-4H3. The van der Waals surface area contributed by atoms with Gasteiger partial charge in [0.15, 0.2) is 0 Å². The zero-order chi connectivity index (χ0) is 18.9. The van der Waals surface area contributed by atoms with E-state index in [1.54, 1.807) is 18.2 Å². The van der Waals surface area contributed by atoms with Gasteiger partial charge < -0.3 is 14.3 Å². The molecule has 2 fully saturated rings. The lowest BCUT2D eigenvalue weighted by molar-refractivity contribution is -0.140. The van der Waals surface area contributed by atoms with Gasteiger partial charge >= 0.3 is 0 Å². The summed E-state index contributed by atoms with van der Waals surface area (Å²) in [6.07, 6.45) is 7.61. The normalized spacial score (nSPS) is 18.5. The van der Waals surface area contributed by atoms with Crippen molar-refractivity contribution in [2.75, 3.05) is 27.2 Å². The average molecular weight is 361 g/mol. The van der Waals surface area contributed by atoms with E-state index < -0.39 is 0 Å². The van der Waals surface area contributed by atoms with Gasteiger partial charge in [-0.05, 0) is 37.5 Å². The zero-order valence-electron chi connectivity index (χ0n) is 16.5. The third-order valence-corrected chi connectivity index (χ3v) is 6.26. The highest BCUT2D eigenvalue weighted by molar-refractivity contribution is 5.85. The Morgan fingerprint density at radius 1 is 1.23 bits per heavy atom. The van der Waals surface area contributed by atoms with E-state index in [0.29, 0.717) is 24.7 Å². The van der Waals surface area contributed by atoms with E-state index in [-0.39, 0.29) is 29.6 Å². The topological polar surface area (TPSA) is 66.7 Å². The van der Waals surface area contributed by atoms with E-state index in [1.165, 1.54) is 19.3 Å². The summed E-state index contributed by atoms with van der Waals surface area (Å²) in [5.74, 6) is 1.15. The molecular weight excluding hydrogens is 330 g/mol. The number of amides is 2. The first-order valence-electron chi connectivity index (χ1n) is 9.78. The molecule has 0 radical (unpaired) electrons. The van der Waals surface area contributed by atoms with Crippen molar-refractivity contribution in [3.8, 4) is 0 Å². The fraction of sp³-hybridized carbons (Fsp3) is 0.750. The van der Waals surface area contributed by atoms with Crippen LogP contribution in [0.1, 0.15) is 63.1 Å². The summed E-state index contributed by atoms with van der Waals surface area (Å²) in [7, 11) is 3.66. The number of carbonyl (C=O) groups is 2. The maximum absolute atomic E-state index is 12.8. The Hall–Kier alpha value is -1.85. The van der Waals surface area contributed by atoms with Gasteiger partial charge in [0.05, 0.1) is 17.5 Å². The van der Waals surface area contributed by atoms with Gasteiger partial charge in [0.25, 0.3) is 0 Å². The van der Waals surface area contributed by atoms with Crippen LogP contribution in [0.15, 0.2) is 10.8 Å². The first-order chi connectivity index (χ1) is 12.3. The van der Waals surface area contributed by atoms with Crippen LogP contribution >= 0.6 is 0 Å². The van der Waals surface area contributed by atoms with Crippen molar-refractivity contribution >= 4 is 11.8 Å². The van der Waals surface area contributed by atoms with E-state index in [1.807, 2.05) is 11.9 Å². The molecule has 6 nitrogen and oxygen atoms in total. The minimum atomic E-state index is -0.0670. The number of carbonyl (C=O) groups excluding carboxylic acids is 2. The number of likely N-dealkylation sites (N-methyl/N-ethyl adjacent to an activating group) is 2. The van der Waals surface area contributed by atoms with Crippen molar-refractivity contribution in [3.63, 3.8) is 0 Å². The Morgan fingerprint density at radius 2 is 1.88 bits per heavy atom. The molecule has 2 aliphatic carbocycles. The smallest absolute Gasteiger partial charge is 0.228 e. The molecule has 0 aromatic carbocycles. The van der Waals surface area contributed by atoms with Crippen molar-refractivity contribution in [3.05, 3.63) is 17.5 Å². The lowest BCUT2D eigenvalue weighted by atomic mass is 9.73.